The number of nitrogens with one attached hydrogen (secondary N) is 2. The van der Waals surface area contributed by atoms with Gasteiger partial charge in [0.05, 0.1) is 0 Å². The molecule has 0 amide bonds. The molecule has 0 aliphatic carbocycles. The molecule has 0 saturated carbocycles. The second-order valence-electron chi connectivity index (χ2n) is 4.89. The van der Waals surface area contributed by atoms with Crippen LogP contribution < -0.4 is 5.32 Å². The van der Waals surface area contributed by atoms with Gasteiger partial charge in [0.15, 0.2) is 3.95 Å². The molecule has 0 aromatic carbocycles. The summed E-state index contributed by atoms with van der Waals surface area (Å²) in [5.41, 5.74) is 0.389. The molecule has 0 unspecified atom stereocenters. The van der Waals surface area contributed by atoms with Gasteiger partial charge in [0.25, 0.3) is 0 Å². The first kappa shape index (κ1) is 12.0. The zero-order valence-corrected chi connectivity index (χ0v) is 11.4. The Bertz CT molecular complexity index is 390. The molecule has 1 saturated heterocycles. The Balaban J connectivity index is 1.87. The maximum absolute atomic E-state index is 5.00. The topological polar surface area (TPSA) is 44.0 Å². The molecule has 1 aliphatic rings. The first-order valence-electron chi connectivity index (χ1n) is 5.55. The SMILES string of the molecule is CN1CCC(C)(CNc2n[nH]c(=S)s2)CC1. The third-order valence-corrected chi connectivity index (χ3v) is 4.35. The zero-order chi connectivity index (χ0) is 11.6. The molecule has 0 atom stereocenters. The van der Waals surface area contributed by atoms with Crippen molar-refractivity contribution in [3.63, 3.8) is 0 Å². The lowest BCUT2D eigenvalue weighted by Crippen LogP contribution is -2.40. The smallest absolute Gasteiger partial charge is 0.204 e. The Morgan fingerprint density at radius 3 is 2.81 bits per heavy atom. The van der Waals surface area contributed by atoms with Gasteiger partial charge >= 0.3 is 0 Å². The minimum atomic E-state index is 0.389. The van der Waals surface area contributed by atoms with Crippen molar-refractivity contribution in [1.29, 1.82) is 0 Å². The number of hydrogen-bond acceptors (Lipinski definition) is 5. The predicted octanol–water partition coefficient (Wildman–Crippen LogP) is 2.34. The summed E-state index contributed by atoms with van der Waals surface area (Å²) in [6, 6.07) is 0. The van der Waals surface area contributed by atoms with Gasteiger partial charge in [-0.1, -0.05) is 18.3 Å². The maximum atomic E-state index is 5.00. The van der Waals surface area contributed by atoms with Crippen LogP contribution in [0.15, 0.2) is 0 Å². The molecule has 4 nitrogen and oxygen atoms in total. The van der Waals surface area contributed by atoms with Crippen molar-refractivity contribution in [2.45, 2.75) is 19.8 Å². The fourth-order valence-electron chi connectivity index (χ4n) is 1.93. The average Bonchev–Trinajstić information content (AvgIpc) is 2.67. The molecule has 1 aromatic heterocycles. The van der Waals surface area contributed by atoms with Crippen molar-refractivity contribution in [2.24, 2.45) is 5.41 Å². The van der Waals surface area contributed by atoms with Gasteiger partial charge in [-0.3, -0.25) is 5.10 Å². The van der Waals surface area contributed by atoms with Crippen LogP contribution in [-0.2, 0) is 0 Å². The summed E-state index contributed by atoms with van der Waals surface area (Å²) in [7, 11) is 2.19. The molecular formula is C10H18N4S2. The molecular weight excluding hydrogens is 240 g/mol. The van der Waals surface area contributed by atoms with Gasteiger partial charge in [-0.25, -0.2) is 0 Å². The number of aromatic amines is 1. The number of piperidine rings is 1. The highest BCUT2D eigenvalue weighted by Crippen LogP contribution is 2.30. The van der Waals surface area contributed by atoms with Gasteiger partial charge in [0, 0.05) is 6.54 Å². The Labute approximate surface area is 105 Å². The van der Waals surface area contributed by atoms with Crippen LogP contribution in [-0.4, -0.2) is 41.8 Å². The van der Waals surface area contributed by atoms with Gasteiger partial charge in [-0.15, -0.1) is 5.10 Å². The van der Waals surface area contributed by atoms with E-state index in [9.17, 15) is 0 Å². The predicted molar refractivity (Wildman–Crippen MR) is 70.6 cm³/mol. The summed E-state index contributed by atoms with van der Waals surface area (Å²) in [5.74, 6) is 0. The third kappa shape index (κ3) is 3.02. The molecule has 6 heteroatoms. The summed E-state index contributed by atoms with van der Waals surface area (Å²) in [5, 5.41) is 11.2. The van der Waals surface area contributed by atoms with E-state index in [1.165, 1.54) is 37.3 Å². The van der Waals surface area contributed by atoms with E-state index >= 15 is 0 Å². The molecule has 2 heterocycles. The Kier molecular flexibility index (Phi) is 3.61. The van der Waals surface area contributed by atoms with Crippen LogP contribution in [0.2, 0.25) is 0 Å². The Hall–Kier alpha value is -0.460. The van der Waals surface area contributed by atoms with Gasteiger partial charge in [0.1, 0.15) is 0 Å². The lowest BCUT2D eigenvalue weighted by Gasteiger charge is -2.37. The maximum Gasteiger partial charge on any atom is 0.204 e. The van der Waals surface area contributed by atoms with E-state index in [0.29, 0.717) is 5.41 Å². The molecule has 2 rings (SSSR count). The van der Waals surface area contributed by atoms with Crippen LogP contribution in [0.3, 0.4) is 0 Å². The molecule has 16 heavy (non-hydrogen) atoms. The third-order valence-electron chi connectivity index (χ3n) is 3.30. The summed E-state index contributed by atoms with van der Waals surface area (Å²) >= 11 is 6.50. The van der Waals surface area contributed by atoms with Gasteiger partial charge in [-0.2, -0.15) is 0 Å². The van der Waals surface area contributed by atoms with Gasteiger partial charge in [0.2, 0.25) is 5.13 Å². The van der Waals surface area contributed by atoms with Crippen molar-refractivity contribution in [2.75, 3.05) is 32.0 Å². The Morgan fingerprint density at radius 1 is 1.56 bits per heavy atom. The molecule has 90 valence electrons. The molecule has 0 spiro atoms. The molecule has 1 aliphatic heterocycles. The highest BCUT2D eigenvalue weighted by Gasteiger charge is 2.28. The minimum absolute atomic E-state index is 0.389. The van der Waals surface area contributed by atoms with Gasteiger partial charge in [-0.05, 0) is 50.6 Å². The summed E-state index contributed by atoms with van der Waals surface area (Å²) in [4.78, 5) is 2.39. The standard InChI is InChI=1S/C10H18N4S2/c1-10(3-5-14(2)6-4-10)7-11-8-12-13-9(15)16-8/h3-7H2,1-2H3,(H,11,12)(H,13,15). The van der Waals surface area contributed by atoms with E-state index in [4.69, 9.17) is 12.2 Å². The minimum Gasteiger partial charge on any atom is -0.360 e. The van der Waals surface area contributed by atoms with Crippen molar-refractivity contribution in [3.8, 4) is 0 Å². The fraction of sp³-hybridized carbons (Fsp3) is 0.800. The average molecular weight is 258 g/mol. The van der Waals surface area contributed by atoms with Crippen molar-refractivity contribution in [3.05, 3.63) is 3.95 Å². The first-order chi connectivity index (χ1) is 7.57. The van der Waals surface area contributed by atoms with Crippen molar-refractivity contribution < 1.29 is 0 Å². The number of aromatic nitrogens is 2. The Morgan fingerprint density at radius 2 is 2.25 bits per heavy atom. The van der Waals surface area contributed by atoms with Crippen LogP contribution in [0.4, 0.5) is 5.13 Å². The van der Waals surface area contributed by atoms with E-state index in [0.717, 1.165) is 15.6 Å². The van der Waals surface area contributed by atoms with Crippen LogP contribution >= 0.6 is 23.6 Å². The molecule has 0 radical (unpaired) electrons. The van der Waals surface area contributed by atoms with E-state index in [2.05, 4.69) is 34.4 Å². The molecule has 1 aromatic rings. The number of likely N-dealkylation sites (tertiary alicyclic amines) is 1. The van der Waals surface area contributed by atoms with E-state index in [-0.39, 0.29) is 0 Å². The quantitative estimate of drug-likeness (QED) is 0.817. The normalized spacial score (nSPS) is 20.9. The summed E-state index contributed by atoms with van der Waals surface area (Å²) in [6.07, 6.45) is 2.48. The first-order valence-corrected chi connectivity index (χ1v) is 6.78. The van der Waals surface area contributed by atoms with Crippen molar-refractivity contribution >= 4 is 28.7 Å². The zero-order valence-electron chi connectivity index (χ0n) is 9.75. The van der Waals surface area contributed by atoms with Gasteiger partial charge < -0.3 is 10.2 Å². The number of nitrogens with zero attached hydrogens (tertiary/aromatic N) is 2. The summed E-state index contributed by atoms with van der Waals surface area (Å²) < 4.78 is 0.732. The van der Waals surface area contributed by atoms with E-state index in [1.807, 2.05) is 0 Å². The fourth-order valence-corrected chi connectivity index (χ4v) is 2.71. The van der Waals surface area contributed by atoms with E-state index in [1.54, 1.807) is 0 Å². The highest BCUT2D eigenvalue weighted by atomic mass is 32.1. The van der Waals surface area contributed by atoms with Crippen LogP contribution in [0.1, 0.15) is 19.8 Å². The van der Waals surface area contributed by atoms with E-state index < -0.39 is 0 Å². The van der Waals surface area contributed by atoms with Crippen LogP contribution in [0.25, 0.3) is 0 Å². The highest BCUT2D eigenvalue weighted by molar-refractivity contribution is 7.73. The number of hydrogen-bond donors (Lipinski definition) is 2. The lowest BCUT2D eigenvalue weighted by molar-refractivity contribution is 0.150. The monoisotopic (exact) mass is 258 g/mol. The lowest BCUT2D eigenvalue weighted by atomic mass is 9.80. The van der Waals surface area contributed by atoms with Crippen LogP contribution in [0, 0.1) is 9.37 Å². The second-order valence-corrected chi connectivity index (χ2v) is 6.55. The number of anilines is 1. The second kappa shape index (κ2) is 4.81. The number of H-pyrrole nitrogens is 1. The molecule has 1 fully saturated rings. The van der Waals surface area contributed by atoms with Crippen molar-refractivity contribution in [1.82, 2.24) is 15.1 Å². The molecule has 2 N–H and O–H groups in total. The summed E-state index contributed by atoms with van der Waals surface area (Å²) in [6.45, 7) is 5.71. The number of rotatable bonds is 3. The molecule has 0 bridgehead atoms. The largest absolute Gasteiger partial charge is 0.360 e. The van der Waals surface area contributed by atoms with Crippen LogP contribution in [0.5, 0.6) is 0 Å².